The number of hydrogen-bond acceptors (Lipinski definition) is 6. The minimum absolute atomic E-state index is 0.331. The molecule has 2 aromatic heterocycles. The van der Waals surface area contributed by atoms with Gasteiger partial charge in [0.05, 0.1) is 12.0 Å². The number of hydrogen-bond donors (Lipinski definition) is 2. The molecule has 0 aliphatic heterocycles. The van der Waals surface area contributed by atoms with Crippen LogP contribution in [0.2, 0.25) is 0 Å². The topological polar surface area (TPSA) is 119 Å². The number of amides is 1. The first-order valence-electron chi connectivity index (χ1n) is 11.2. The van der Waals surface area contributed by atoms with Gasteiger partial charge in [0.25, 0.3) is 5.56 Å². The Bertz CT molecular complexity index is 1530. The van der Waals surface area contributed by atoms with Gasteiger partial charge >= 0.3 is 11.8 Å². The van der Waals surface area contributed by atoms with Crippen molar-refractivity contribution in [1.82, 2.24) is 14.8 Å². The molecular weight excluding hydrogens is 448 g/mol. The zero-order valence-corrected chi connectivity index (χ0v) is 20.6. The van der Waals surface area contributed by atoms with Crippen molar-refractivity contribution in [1.29, 1.82) is 0 Å². The first kappa shape index (κ1) is 24.0. The fourth-order valence-corrected chi connectivity index (χ4v) is 3.95. The Hall–Kier alpha value is -4.14. The first-order valence-corrected chi connectivity index (χ1v) is 11.2. The van der Waals surface area contributed by atoms with Crippen molar-refractivity contribution < 1.29 is 13.9 Å². The molecule has 0 radical (unpaired) electrons. The summed E-state index contributed by atoms with van der Waals surface area (Å²) in [6.07, 6.45) is 1.62. The highest BCUT2D eigenvalue weighted by molar-refractivity contribution is 5.83. The molecule has 0 saturated carbocycles. The summed E-state index contributed by atoms with van der Waals surface area (Å²) in [5, 5.41) is 7.48. The maximum Gasteiger partial charge on any atom is 0.413 e. The third-order valence-electron chi connectivity index (χ3n) is 5.59. The van der Waals surface area contributed by atoms with Crippen molar-refractivity contribution in [3.63, 3.8) is 0 Å². The largest absolute Gasteiger partial charge is 0.464 e. The van der Waals surface area contributed by atoms with Crippen LogP contribution in [0.4, 0.5) is 10.6 Å². The van der Waals surface area contributed by atoms with E-state index in [2.05, 4.69) is 21.5 Å². The van der Waals surface area contributed by atoms with Gasteiger partial charge in [0.15, 0.2) is 0 Å². The van der Waals surface area contributed by atoms with Gasteiger partial charge < -0.3 is 9.15 Å². The minimum atomic E-state index is -0.840. The number of H-pyrrole nitrogens is 1. The van der Waals surface area contributed by atoms with Crippen LogP contribution in [0.5, 0.6) is 0 Å². The molecule has 0 fully saturated rings. The van der Waals surface area contributed by atoms with Crippen molar-refractivity contribution >= 4 is 22.9 Å². The molecule has 0 unspecified atom stereocenters. The molecular formula is C26H28N4O5. The van der Waals surface area contributed by atoms with Crippen LogP contribution in [0.1, 0.15) is 48.6 Å². The monoisotopic (exact) mass is 476 g/mol. The van der Waals surface area contributed by atoms with Crippen LogP contribution in [-0.2, 0) is 11.2 Å². The zero-order valence-electron chi connectivity index (χ0n) is 20.6. The minimum Gasteiger partial charge on any atom is -0.464 e. The Balaban J connectivity index is 1.66. The van der Waals surface area contributed by atoms with Gasteiger partial charge in [-0.1, -0.05) is 6.07 Å². The quantitative estimate of drug-likeness (QED) is 0.447. The van der Waals surface area contributed by atoms with E-state index in [1.54, 1.807) is 27.0 Å². The summed E-state index contributed by atoms with van der Waals surface area (Å²) in [4.78, 5) is 39.0. The second kappa shape index (κ2) is 8.90. The normalized spacial score (nSPS) is 11.6. The molecule has 0 bridgehead atoms. The number of ether oxygens (including phenoxy) is 1. The number of nitrogens with zero attached hydrogens (tertiary/aromatic N) is 2. The summed E-state index contributed by atoms with van der Waals surface area (Å²) in [6.45, 7) is 11.0. The number of rotatable bonds is 4. The number of nitrogens with one attached hydrogen (secondary N) is 2. The Kier molecular flexibility index (Phi) is 6.10. The average Bonchev–Trinajstić information content (AvgIpc) is 3.11. The van der Waals surface area contributed by atoms with E-state index in [1.807, 2.05) is 45.0 Å². The van der Waals surface area contributed by atoms with Crippen LogP contribution >= 0.6 is 0 Å². The highest BCUT2D eigenvalue weighted by Gasteiger charge is 2.19. The third-order valence-corrected chi connectivity index (χ3v) is 5.59. The fourth-order valence-electron chi connectivity index (χ4n) is 3.95. The van der Waals surface area contributed by atoms with E-state index in [4.69, 9.17) is 9.15 Å². The van der Waals surface area contributed by atoms with Crippen LogP contribution in [0.3, 0.4) is 0 Å². The number of benzene rings is 2. The number of aromatic amines is 1. The van der Waals surface area contributed by atoms with E-state index in [9.17, 15) is 14.4 Å². The Morgan fingerprint density at radius 1 is 1.09 bits per heavy atom. The van der Waals surface area contributed by atoms with E-state index in [0.717, 1.165) is 43.5 Å². The molecule has 2 aromatic carbocycles. The predicted octanol–water partition coefficient (Wildman–Crippen LogP) is 4.53. The SMILES string of the molecule is Cc1cc(-n2nc(NC(=O)OC(C)(C)C)c(=O)[nH]c2=O)cc(C)c1Cc1ccc2occ(C)c2c1. The smallest absolute Gasteiger partial charge is 0.413 e. The van der Waals surface area contributed by atoms with Crippen LogP contribution < -0.4 is 16.6 Å². The number of aromatic nitrogens is 3. The summed E-state index contributed by atoms with van der Waals surface area (Å²) >= 11 is 0. The number of carbonyl (C=O) groups is 1. The van der Waals surface area contributed by atoms with Gasteiger partial charge in [-0.15, -0.1) is 5.10 Å². The lowest BCUT2D eigenvalue weighted by molar-refractivity contribution is 0.0634. The molecule has 2 N–H and O–H groups in total. The number of aryl methyl sites for hydroxylation is 3. The summed E-state index contributed by atoms with van der Waals surface area (Å²) in [5.41, 5.74) is 4.33. The number of anilines is 1. The summed E-state index contributed by atoms with van der Waals surface area (Å²) in [7, 11) is 0. The van der Waals surface area contributed by atoms with Crippen LogP contribution in [0.15, 0.2) is 50.6 Å². The van der Waals surface area contributed by atoms with E-state index >= 15 is 0 Å². The Morgan fingerprint density at radius 2 is 1.77 bits per heavy atom. The Morgan fingerprint density at radius 3 is 2.43 bits per heavy atom. The van der Waals surface area contributed by atoms with Crippen LogP contribution in [0.25, 0.3) is 16.7 Å². The number of fused-ring (bicyclic) bond motifs is 1. The van der Waals surface area contributed by atoms with E-state index in [-0.39, 0.29) is 5.82 Å². The fraction of sp³-hybridized carbons (Fsp3) is 0.308. The Labute approximate surface area is 201 Å². The lowest BCUT2D eigenvalue weighted by Crippen LogP contribution is -2.36. The summed E-state index contributed by atoms with van der Waals surface area (Å²) in [6, 6.07) is 9.80. The maximum atomic E-state index is 12.5. The molecule has 1 amide bonds. The molecule has 9 nitrogen and oxygen atoms in total. The van der Waals surface area contributed by atoms with Crippen LogP contribution in [0, 0.1) is 20.8 Å². The third kappa shape index (κ3) is 5.18. The van der Waals surface area contributed by atoms with E-state index < -0.39 is 22.9 Å². The molecule has 2 heterocycles. The molecule has 0 atom stereocenters. The molecule has 4 aromatic rings. The zero-order chi connectivity index (χ0) is 25.5. The van der Waals surface area contributed by atoms with Gasteiger partial charge in [-0.3, -0.25) is 15.1 Å². The lowest BCUT2D eigenvalue weighted by Gasteiger charge is -2.19. The van der Waals surface area contributed by atoms with Gasteiger partial charge in [0.2, 0.25) is 5.82 Å². The summed E-state index contributed by atoms with van der Waals surface area (Å²) < 4.78 is 11.8. The van der Waals surface area contributed by atoms with Gasteiger partial charge in [0, 0.05) is 5.39 Å². The maximum absolute atomic E-state index is 12.5. The van der Waals surface area contributed by atoms with Gasteiger partial charge in [-0.05, 0) is 100 Å². The molecule has 9 heteroatoms. The molecule has 0 aliphatic carbocycles. The lowest BCUT2D eigenvalue weighted by atomic mass is 9.94. The highest BCUT2D eigenvalue weighted by Crippen LogP contribution is 2.26. The van der Waals surface area contributed by atoms with Crippen molar-refractivity contribution in [3.8, 4) is 5.69 Å². The van der Waals surface area contributed by atoms with E-state index in [1.165, 1.54) is 0 Å². The predicted molar refractivity (Wildman–Crippen MR) is 134 cm³/mol. The second-order valence-electron chi connectivity index (χ2n) is 9.63. The highest BCUT2D eigenvalue weighted by atomic mass is 16.6. The molecule has 35 heavy (non-hydrogen) atoms. The molecule has 0 spiro atoms. The number of carbonyl (C=O) groups excluding carboxylic acids is 1. The van der Waals surface area contributed by atoms with Crippen molar-refractivity contribution in [2.45, 2.75) is 53.6 Å². The van der Waals surface area contributed by atoms with Crippen molar-refractivity contribution in [3.05, 3.63) is 85.3 Å². The molecule has 0 aliphatic rings. The van der Waals surface area contributed by atoms with E-state index in [0.29, 0.717) is 12.1 Å². The summed E-state index contributed by atoms with van der Waals surface area (Å²) in [5.74, 6) is -0.331. The number of furan rings is 1. The van der Waals surface area contributed by atoms with Gasteiger partial charge in [0.1, 0.15) is 11.2 Å². The average molecular weight is 477 g/mol. The second-order valence-corrected chi connectivity index (χ2v) is 9.63. The van der Waals surface area contributed by atoms with Gasteiger partial charge in [-0.25, -0.2) is 9.59 Å². The first-order chi connectivity index (χ1) is 16.4. The van der Waals surface area contributed by atoms with Crippen LogP contribution in [-0.4, -0.2) is 26.5 Å². The molecule has 182 valence electrons. The van der Waals surface area contributed by atoms with Gasteiger partial charge in [-0.2, -0.15) is 4.68 Å². The van der Waals surface area contributed by atoms with Crippen molar-refractivity contribution in [2.24, 2.45) is 0 Å². The molecule has 4 rings (SSSR count). The molecule has 0 saturated heterocycles. The van der Waals surface area contributed by atoms with Crippen molar-refractivity contribution in [2.75, 3.05) is 5.32 Å². The standard InChI is InChI=1S/C26H28N4O5/c1-14-9-18(30-24(32)28-23(31)22(29-30)27-25(33)35-26(4,5)6)10-15(2)19(14)11-17-7-8-21-20(12-17)16(3)13-34-21/h7-10,12-13H,11H2,1-6H3,(H,27,29,33)(H,28,31,32).